The van der Waals surface area contributed by atoms with E-state index in [4.69, 9.17) is 9.84 Å². The van der Waals surface area contributed by atoms with Crippen molar-refractivity contribution in [3.8, 4) is 0 Å². The molecule has 22 heavy (non-hydrogen) atoms. The van der Waals surface area contributed by atoms with E-state index < -0.39 is 30.1 Å². The number of ketones is 3. The van der Waals surface area contributed by atoms with Crippen LogP contribution in [0.5, 0.6) is 0 Å². The van der Waals surface area contributed by atoms with Crippen molar-refractivity contribution < 1.29 is 33.8 Å². The second-order valence-electron chi connectivity index (χ2n) is 4.83. The third kappa shape index (κ3) is 8.28. The molecule has 1 atom stereocenters. The van der Waals surface area contributed by atoms with E-state index in [1.54, 1.807) is 13.8 Å². The first-order valence-electron chi connectivity index (χ1n) is 7.26. The zero-order chi connectivity index (χ0) is 17.1. The molecule has 0 amide bonds. The van der Waals surface area contributed by atoms with E-state index >= 15 is 0 Å². The van der Waals surface area contributed by atoms with Crippen molar-refractivity contribution >= 4 is 29.3 Å². The highest BCUT2D eigenvalue weighted by molar-refractivity contribution is 6.00. The Hall–Kier alpha value is -2.05. The van der Waals surface area contributed by atoms with Crippen molar-refractivity contribution in [2.45, 2.75) is 52.4 Å². The van der Waals surface area contributed by atoms with Gasteiger partial charge in [0.1, 0.15) is 29.7 Å². The summed E-state index contributed by atoms with van der Waals surface area (Å²) in [6, 6.07) is 0. The van der Waals surface area contributed by atoms with Gasteiger partial charge in [-0.15, -0.1) is 0 Å². The smallest absolute Gasteiger partial charge is 0.316 e. The summed E-state index contributed by atoms with van der Waals surface area (Å²) in [4.78, 5) is 56.5. The van der Waals surface area contributed by atoms with Crippen LogP contribution in [0.3, 0.4) is 0 Å². The molecule has 0 saturated carbocycles. The molecule has 0 fully saturated rings. The maximum atomic E-state index is 11.9. The second-order valence-corrected chi connectivity index (χ2v) is 4.83. The van der Waals surface area contributed by atoms with Crippen molar-refractivity contribution in [2.24, 2.45) is 5.92 Å². The van der Waals surface area contributed by atoms with Crippen molar-refractivity contribution in [3.63, 3.8) is 0 Å². The van der Waals surface area contributed by atoms with Gasteiger partial charge in [0.05, 0.1) is 6.61 Å². The summed E-state index contributed by atoms with van der Waals surface area (Å²) in [5.41, 5.74) is 0. The van der Waals surface area contributed by atoms with E-state index in [-0.39, 0.29) is 43.9 Å². The molecule has 0 aliphatic heterocycles. The lowest BCUT2D eigenvalue weighted by atomic mass is 9.96. The maximum Gasteiger partial charge on any atom is 0.316 e. The highest BCUT2D eigenvalue weighted by Gasteiger charge is 2.26. The van der Waals surface area contributed by atoms with E-state index in [9.17, 15) is 24.0 Å². The van der Waals surface area contributed by atoms with Crippen molar-refractivity contribution in [3.05, 3.63) is 0 Å². The molecule has 0 aliphatic carbocycles. The van der Waals surface area contributed by atoms with E-state index in [1.807, 2.05) is 0 Å². The summed E-state index contributed by atoms with van der Waals surface area (Å²) in [6.45, 7) is 3.52. The van der Waals surface area contributed by atoms with Gasteiger partial charge < -0.3 is 9.84 Å². The molecule has 0 saturated heterocycles. The lowest BCUT2D eigenvalue weighted by Crippen LogP contribution is -2.26. The Morgan fingerprint density at radius 3 is 1.95 bits per heavy atom. The minimum Gasteiger partial charge on any atom is -0.481 e. The summed E-state index contributed by atoms with van der Waals surface area (Å²) >= 11 is 0. The minimum absolute atomic E-state index is 0.0604. The van der Waals surface area contributed by atoms with Crippen molar-refractivity contribution in [1.29, 1.82) is 0 Å². The largest absolute Gasteiger partial charge is 0.481 e. The van der Waals surface area contributed by atoms with Crippen molar-refractivity contribution in [2.75, 3.05) is 6.61 Å². The van der Waals surface area contributed by atoms with Gasteiger partial charge in [-0.2, -0.15) is 0 Å². The molecule has 7 nitrogen and oxygen atoms in total. The van der Waals surface area contributed by atoms with Gasteiger partial charge in [0.15, 0.2) is 0 Å². The van der Waals surface area contributed by atoms with Gasteiger partial charge in [0, 0.05) is 25.7 Å². The topological polar surface area (TPSA) is 115 Å². The number of ether oxygens (including phenoxy) is 1. The standard InChI is InChI=1S/C15H22O7/c1-3-12(15(21)22-4-2)13(18)8-7-10(16)5-6-11(17)9-14(19)20/h12H,3-9H2,1-2H3,(H,19,20). The Kier molecular flexibility index (Phi) is 9.65. The molecule has 0 bridgehead atoms. The van der Waals surface area contributed by atoms with Crippen LogP contribution in [0.1, 0.15) is 52.4 Å². The first-order chi connectivity index (χ1) is 10.3. The van der Waals surface area contributed by atoms with E-state index in [0.29, 0.717) is 6.42 Å². The van der Waals surface area contributed by atoms with E-state index in [0.717, 1.165) is 0 Å². The lowest BCUT2D eigenvalue weighted by Gasteiger charge is -2.11. The average Bonchev–Trinajstić information content (AvgIpc) is 2.43. The molecule has 0 aliphatic rings. The molecule has 124 valence electrons. The van der Waals surface area contributed by atoms with Crippen molar-refractivity contribution in [1.82, 2.24) is 0 Å². The molecule has 0 spiro atoms. The number of hydrogen-bond acceptors (Lipinski definition) is 6. The fourth-order valence-electron chi connectivity index (χ4n) is 1.87. The Bertz CT molecular complexity index is 439. The van der Waals surface area contributed by atoms with Crippen LogP contribution in [0.15, 0.2) is 0 Å². The van der Waals surface area contributed by atoms with Crippen LogP contribution in [0.4, 0.5) is 0 Å². The van der Waals surface area contributed by atoms with Gasteiger partial charge in [-0.3, -0.25) is 24.0 Å². The molecular formula is C15H22O7. The highest BCUT2D eigenvalue weighted by atomic mass is 16.5. The number of aliphatic carboxylic acids is 1. The Morgan fingerprint density at radius 2 is 1.45 bits per heavy atom. The Balaban J connectivity index is 4.17. The fourth-order valence-corrected chi connectivity index (χ4v) is 1.87. The minimum atomic E-state index is -1.23. The molecule has 1 unspecified atom stereocenters. The number of carboxylic acid groups (broad SMARTS) is 1. The Labute approximate surface area is 129 Å². The third-order valence-electron chi connectivity index (χ3n) is 3.05. The number of carbonyl (C=O) groups excluding carboxylic acids is 4. The number of carboxylic acids is 1. The van der Waals surface area contributed by atoms with Crippen LogP contribution in [-0.2, 0) is 28.7 Å². The maximum absolute atomic E-state index is 11.9. The number of Topliss-reactive ketones (excluding diaryl/α,β-unsaturated/α-hetero) is 3. The molecule has 7 heteroatoms. The normalized spacial score (nSPS) is 11.5. The fraction of sp³-hybridized carbons (Fsp3) is 0.667. The molecule has 0 radical (unpaired) electrons. The SMILES string of the molecule is CCOC(=O)C(CC)C(=O)CCC(=O)CCC(=O)CC(=O)O. The van der Waals surface area contributed by atoms with Crippen LogP contribution in [0.2, 0.25) is 0 Å². The molecule has 0 rings (SSSR count). The van der Waals surface area contributed by atoms with Gasteiger partial charge in [-0.05, 0) is 13.3 Å². The van der Waals surface area contributed by atoms with E-state index in [2.05, 4.69) is 0 Å². The van der Waals surface area contributed by atoms with Gasteiger partial charge in [0.25, 0.3) is 0 Å². The van der Waals surface area contributed by atoms with Crippen LogP contribution < -0.4 is 0 Å². The summed E-state index contributed by atoms with van der Waals surface area (Å²) in [6.07, 6.45) is -0.668. The average molecular weight is 314 g/mol. The number of hydrogen-bond donors (Lipinski definition) is 1. The Morgan fingerprint density at radius 1 is 0.909 bits per heavy atom. The summed E-state index contributed by atoms with van der Waals surface area (Å²) in [7, 11) is 0. The third-order valence-corrected chi connectivity index (χ3v) is 3.05. The number of carbonyl (C=O) groups is 5. The van der Waals surface area contributed by atoms with Crippen LogP contribution in [0.25, 0.3) is 0 Å². The molecule has 0 aromatic rings. The predicted molar refractivity (Wildman–Crippen MR) is 76.2 cm³/mol. The molecule has 1 N–H and O–H groups in total. The summed E-state index contributed by atoms with van der Waals surface area (Å²) in [5, 5.41) is 8.41. The first kappa shape index (κ1) is 19.9. The quantitative estimate of drug-likeness (QED) is 0.426. The first-order valence-corrected chi connectivity index (χ1v) is 7.26. The zero-order valence-electron chi connectivity index (χ0n) is 12.9. The lowest BCUT2D eigenvalue weighted by molar-refractivity contribution is -0.152. The van der Waals surface area contributed by atoms with Crippen LogP contribution in [0, 0.1) is 5.92 Å². The molecule has 0 aromatic heterocycles. The molecule has 0 aromatic carbocycles. The zero-order valence-corrected chi connectivity index (χ0v) is 12.9. The van der Waals surface area contributed by atoms with Gasteiger partial charge in [0.2, 0.25) is 0 Å². The summed E-state index contributed by atoms with van der Waals surface area (Å²) in [5.74, 6) is -3.85. The predicted octanol–water partition coefficient (Wildman–Crippen LogP) is 1.32. The number of rotatable bonds is 12. The highest BCUT2D eigenvalue weighted by Crippen LogP contribution is 2.12. The molecular weight excluding hydrogens is 292 g/mol. The van der Waals surface area contributed by atoms with Gasteiger partial charge in [-0.25, -0.2) is 0 Å². The molecule has 0 heterocycles. The summed E-state index contributed by atoms with van der Waals surface area (Å²) < 4.78 is 4.79. The van der Waals surface area contributed by atoms with E-state index in [1.165, 1.54) is 0 Å². The second kappa shape index (κ2) is 10.6. The van der Waals surface area contributed by atoms with Crippen LogP contribution >= 0.6 is 0 Å². The number of esters is 1. The van der Waals surface area contributed by atoms with Gasteiger partial charge in [-0.1, -0.05) is 6.92 Å². The van der Waals surface area contributed by atoms with Gasteiger partial charge >= 0.3 is 11.9 Å². The monoisotopic (exact) mass is 314 g/mol. The van der Waals surface area contributed by atoms with Crippen LogP contribution in [-0.4, -0.2) is 41.0 Å².